The summed E-state index contributed by atoms with van der Waals surface area (Å²) < 4.78 is 28.2. The minimum absolute atomic E-state index is 0.0286. The van der Waals surface area contributed by atoms with Gasteiger partial charge in [0.15, 0.2) is 16.6 Å². The Bertz CT molecular complexity index is 786. The van der Waals surface area contributed by atoms with Gasteiger partial charge in [-0.3, -0.25) is 0 Å². The maximum absolute atomic E-state index is 14.7. The van der Waals surface area contributed by atoms with Crippen molar-refractivity contribution in [3.63, 3.8) is 0 Å². The predicted octanol–water partition coefficient (Wildman–Crippen LogP) is 6.63. The van der Waals surface area contributed by atoms with Crippen molar-refractivity contribution in [1.29, 1.82) is 0 Å². The van der Waals surface area contributed by atoms with Gasteiger partial charge in [0, 0.05) is 16.8 Å². The number of unbranched alkanes of at least 4 members (excludes halogenated alkanes) is 1. The molecule has 0 aromatic heterocycles. The molecule has 0 heterocycles. The molecule has 0 radical (unpaired) electrons. The molecule has 0 saturated carbocycles. The second-order valence-corrected chi connectivity index (χ2v) is 22.1. The predicted molar refractivity (Wildman–Crippen MR) is 141 cm³/mol. The van der Waals surface area contributed by atoms with Crippen LogP contribution in [-0.2, 0) is 13.4 Å². The Morgan fingerprint density at radius 3 is 1.55 bits per heavy atom. The first kappa shape index (κ1) is 26.3. The topological polar surface area (TPSA) is 35.5 Å². The van der Waals surface area contributed by atoms with Crippen molar-refractivity contribution in [2.75, 3.05) is 6.16 Å². The molecule has 3 nitrogen and oxygen atoms in total. The standard InChI is InChI=1S/C25H41O3PSi2/c1-8-9-20-24(27-30(2,3)4)25(28-31(5,6)7)21-29(26,22-16-12-10-13-17-22)23-18-14-11-15-19-23/h10-19,24-25H,8-9,20-21H2,1-7H3/t24-,25-/m1/s1. The molecule has 0 aliphatic rings. The van der Waals surface area contributed by atoms with Crippen molar-refractivity contribution in [3.8, 4) is 0 Å². The molecule has 2 aromatic rings. The van der Waals surface area contributed by atoms with E-state index in [1.807, 2.05) is 60.7 Å². The smallest absolute Gasteiger partial charge is 0.184 e. The molecule has 31 heavy (non-hydrogen) atoms. The van der Waals surface area contributed by atoms with Gasteiger partial charge in [-0.05, 0) is 45.7 Å². The highest BCUT2D eigenvalue weighted by atomic mass is 31.2. The molecule has 0 saturated heterocycles. The molecule has 0 aliphatic heterocycles. The third-order valence-corrected chi connectivity index (χ3v) is 10.2. The zero-order valence-electron chi connectivity index (χ0n) is 20.4. The molecule has 0 amide bonds. The van der Waals surface area contributed by atoms with Crippen molar-refractivity contribution >= 4 is 34.4 Å². The first-order valence-electron chi connectivity index (χ1n) is 11.5. The molecular weight excluding hydrogens is 435 g/mol. The third-order valence-electron chi connectivity index (χ3n) is 5.05. The fourth-order valence-corrected chi connectivity index (χ4v) is 9.12. The highest BCUT2D eigenvalue weighted by molar-refractivity contribution is 7.78. The quantitative estimate of drug-likeness (QED) is 0.255. The van der Waals surface area contributed by atoms with Gasteiger partial charge in [-0.2, -0.15) is 0 Å². The minimum Gasteiger partial charge on any atom is -0.412 e. The van der Waals surface area contributed by atoms with Crippen molar-refractivity contribution in [2.24, 2.45) is 0 Å². The minimum atomic E-state index is -2.89. The zero-order valence-corrected chi connectivity index (χ0v) is 23.3. The first-order chi connectivity index (χ1) is 14.4. The fourth-order valence-electron chi connectivity index (χ4n) is 3.82. The van der Waals surface area contributed by atoms with Crippen LogP contribution in [0, 0.1) is 0 Å². The summed E-state index contributed by atoms with van der Waals surface area (Å²) in [6.45, 7) is 15.5. The molecule has 2 rings (SSSR count). The van der Waals surface area contributed by atoms with Crippen molar-refractivity contribution < 1.29 is 13.4 Å². The monoisotopic (exact) mass is 476 g/mol. The van der Waals surface area contributed by atoms with E-state index in [4.69, 9.17) is 8.85 Å². The van der Waals surface area contributed by atoms with Crippen molar-refractivity contribution in [3.05, 3.63) is 60.7 Å². The summed E-state index contributed by atoms with van der Waals surface area (Å²) in [4.78, 5) is 0. The van der Waals surface area contributed by atoms with E-state index in [1.165, 1.54) is 0 Å². The zero-order chi connectivity index (χ0) is 23.1. The molecule has 0 unspecified atom stereocenters. The normalized spacial score (nSPS) is 14.9. The van der Waals surface area contributed by atoms with E-state index >= 15 is 0 Å². The molecule has 172 valence electrons. The van der Waals surface area contributed by atoms with Gasteiger partial charge in [0.05, 0.1) is 12.2 Å². The molecule has 0 fully saturated rings. The molecule has 6 heteroatoms. The van der Waals surface area contributed by atoms with Crippen LogP contribution >= 0.6 is 7.14 Å². The summed E-state index contributed by atoms with van der Waals surface area (Å²) in [5.74, 6) is 0. The van der Waals surface area contributed by atoms with Crippen molar-refractivity contribution in [2.45, 2.75) is 77.7 Å². The van der Waals surface area contributed by atoms with E-state index in [0.29, 0.717) is 6.16 Å². The van der Waals surface area contributed by atoms with Gasteiger partial charge in [-0.1, -0.05) is 80.4 Å². The van der Waals surface area contributed by atoms with Crippen LogP contribution < -0.4 is 10.6 Å². The van der Waals surface area contributed by atoms with Gasteiger partial charge in [-0.15, -0.1) is 0 Å². The van der Waals surface area contributed by atoms with Gasteiger partial charge < -0.3 is 13.4 Å². The lowest BCUT2D eigenvalue weighted by Crippen LogP contribution is -2.47. The van der Waals surface area contributed by atoms with Crippen molar-refractivity contribution in [1.82, 2.24) is 0 Å². The fraction of sp³-hybridized carbons (Fsp3) is 0.520. The molecule has 0 bridgehead atoms. The van der Waals surface area contributed by atoms with Crippen LogP contribution in [0.4, 0.5) is 0 Å². The molecule has 2 atom stereocenters. The summed E-state index contributed by atoms with van der Waals surface area (Å²) >= 11 is 0. The van der Waals surface area contributed by atoms with Crippen LogP contribution in [0.5, 0.6) is 0 Å². The Kier molecular flexibility index (Phi) is 9.53. The average Bonchev–Trinajstić information content (AvgIpc) is 2.70. The summed E-state index contributed by atoms with van der Waals surface area (Å²) in [7, 11) is -6.57. The first-order valence-corrected chi connectivity index (χ1v) is 20.2. The lowest BCUT2D eigenvalue weighted by atomic mass is 10.1. The third kappa shape index (κ3) is 8.47. The number of benzene rings is 2. The van der Waals surface area contributed by atoms with E-state index in [2.05, 4.69) is 46.2 Å². The molecule has 0 aliphatic carbocycles. The van der Waals surface area contributed by atoms with Crippen LogP contribution in [0.3, 0.4) is 0 Å². The summed E-state index contributed by atoms with van der Waals surface area (Å²) in [6, 6.07) is 19.9. The van der Waals surface area contributed by atoms with E-state index in [-0.39, 0.29) is 12.2 Å². The Morgan fingerprint density at radius 2 is 1.16 bits per heavy atom. The SMILES string of the molecule is CCCC[C@@H](O[Si](C)(C)C)[C@@H](CP(=O)(c1ccccc1)c1ccccc1)O[Si](C)(C)C. The Morgan fingerprint density at radius 1 is 0.742 bits per heavy atom. The summed E-state index contributed by atoms with van der Waals surface area (Å²) in [6.07, 6.45) is 3.40. The molecule has 2 aromatic carbocycles. The van der Waals surface area contributed by atoms with Crippen LogP contribution in [0.2, 0.25) is 39.3 Å². The van der Waals surface area contributed by atoms with Crippen LogP contribution in [0.15, 0.2) is 60.7 Å². The number of hydrogen-bond donors (Lipinski definition) is 0. The molecule has 0 N–H and O–H groups in total. The van der Waals surface area contributed by atoms with Gasteiger partial charge in [0.25, 0.3) is 0 Å². The molecular formula is C25H41O3PSi2. The van der Waals surface area contributed by atoms with Gasteiger partial charge in [0.2, 0.25) is 0 Å². The number of rotatable bonds is 12. The second kappa shape index (κ2) is 11.2. The lowest BCUT2D eigenvalue weighted by molar-refractivity contribution is 0.0504. The van der Waals surface area contributed by atoms with Gasteiger partial charge >= 0.3 is 0 Å². The average molecular weight is 477 g/mol. The van der Waals surface area contributed by atoms with Crippen LogP contribution in [-0.4, -0.2) is 35.0 Å². The molecule has 0 spiro atoms. The second-order valence-electron chi connectivity index (χ2n) is 10.3. The maximum Gasteiger partial charge on any atom is 0.184 e. The van der Waals surface area contributed by atoms with Gasteiger partial charge in [0.1, 0.15) is 7.14 Å². The van der Waals surface area contributed by atoms with Crippen LogP contribution in [0.25, 0.3) is 0 Å². The van der Waals surface area contributed by atoms with Gasteiger partial charge in [-0.25, -0.2) is 0 Å². The Labute approximate surface area is 192 Å². The van der Waals surface area contributed by atoms with E-state index in [1.54, 1.807) is 0 Å². The van der Waals surface area contributed by atoms with E-state index < -0.39 is 23.8 Å². The lowest BCUT2D eigenvalue weighted by Gasteiger charge is -2.38. The Balaban J connectivity index is 2.53. The summed E-state index contributed by atoms with van der Waals surface area (Å²) in [5.41, 5.74) is 0. The maximum atomic E-state index is 14.7. The van der Waals surface area contributed by atoms with E-state index in [0.717, 1.165) is 29.9 Å². The number of hydrogen-bond acceptors (Lipinski definition) is 3. The highest BCUT2D eigenvalue weighted by Gasteiger charge is 2.38. The summed E-state index contributed by atoms with van der Waals surface area (Å²) in [5, 5.41) is 1.79. The van der Waals surface area contributed by atoms with Crippen LogP contribution in [0.1, 0.15) is 26.2 Å². The highest BCUT2D eigenvalue weighted by Crippen LogP contribution is 2.45. The van der Waals surface area contributed by atoms with E-state index in [9.17, 15) is 4.57 Å². The largest absolute Gasteiger partial charge is 0.412 e. The Hall–Kier alpha value is -0.976.